The van der Waals surface area contributed by atoms with Crippen molar-refractivity contribution in [2.45, 2.75) is 12.5 Å². The third-order valence-electron chi connectivity index (χ3n) is 4.34. The van der Waals surface area contributed by atoms with E-state index in [9.17, 15) is 9.18 Å². The van der Waals surface area contributed by atoms with E-state index >= 15 is 0 Å². The Labute approximate surface area is 163 Å². The van der Waals surface area contributed by atoms with Crippen LogP contribution in [0, 0.1) is 5.82 Å². The molecule has 1 aliphatic rings. The molecule has 1 unspecified atom stereocenters. The first kappa shape index (κ1) is 17.5. The summed E-state index contributed by atoms with van der Waals surface area (Å²) in [4.78, 5) is 17.2. The van der Waals surface area contributed by atoms with Gasteiger partial charge in [-0.25, -0.2) is 4.39 Å². The zero-order valence-electron chi connectivity index (χ0n) is 13.7. The Morgan fingerprint density at radius 1 is 1.27 bits per heavy atom. The van der Waals surface area contributed by atoms with E-state index in [-0.39, 0.29) is 23.6 Å². The number of halogens is 2. The van der Waals surface area contributed by atoms with E-state index in [1.807, 2.05) is 16.3 Å². The monoisotopic (exact) mass is 407 g/mol. The van der Waals surface area contributed by atoms with E-state index in [1.165, 1.54) is 28.6 Å². The van der Waals surface area contributed by atoms with Crippen LogP contribution in [-0.2, 0) is 11.2 Å². The van der Waals surface area contributed by atoms with Gasteiger partial charge >= 0.3 is 0 Å². The third kappa shape index (κ3) is 3.37. The minimum absolute atomic E-state index is 0.0789. The van der Waals surface area contributed by atoms with Crippen LogP contribution in [0.25, 0.3) is 0 Å². The standard InChI is InChI=1S/C19H15ClFNO2S2/c20-14-10-12(21)3-4-15(14)24-11-18(23)22-7-5-16-13(6-9-26-16)19(22)17-2-1-8-25-17/h1-4,6,8-10,19H,5,7,11H2. The summed E-state index contributed by atoms with van der Waals surface area (Å²) in [6, 6.07) is 9.95. The van der Waals surface area contributed by atoms with Crippen molar-refractivity contribution in [1.29, 1.82) is 0 Å². The van der Waals surface area contributed by atoms with Crippen LogP contribution < -0.4 is 4.74 Å². The summed E-state index contributed by atoms with van der Waals surface area (Å²) in [6.07, 6.45) is 0.845. The summed E-state index contributed by atoms with van der Waals surface area (Å²) in [5.41, 5.74) is 1.19. The number of carbonyl (C=O) groups excluding carboxylic acids is 1. The van der Waals surface area contributed by atoms with Gasteiger partial charge in [0.1, 0.15) is 11.6 Å². The van der Waals surface area contributed by atoms with Crippen molar-refractivity contribution < 1.29 is 13.9 Å². The molecule has 3 aromatic rings. The molecule has 0 radical (unpaired) electrons. The number of rotatable bonds is 4. The summed E-state index contributed by atoms with van der Waals surface area (Å²) in [6.45, 7) is 0.516. The first-order valence-electron chi connectivity index (χ1n) is 8.10. The van der Waals surface area contributed by atoms with Crippen LogP contribution in [0.5, 0.6) is 5.75 Å². The zero-order chi connectivity index (χ0) is 18.1. The molecule has 1 aliphatic heterocycles. The fourth-order valence-corrected chi connectivity index (χ4v) is 5.13. The Balaban J connectivity index is 1.55. The molecular formula is C19H15ClFNO2S2. The van der Waals surface area contributed by atoms with Crippen LogP contribution >= 0.6 is 34.3 Å². The Bertz CT molecular complexity index is 926. The van der Waals surface area contributed by atoms with E-state index in [1.54, 1.807) is 22.7 Å². The molecule has 3 nitrogen and oxygen atoms in total. The number of ether oxygens (including phenoxy) is 1. The lowest BCUT2D eigenvalue weighted by Gasteiger charge is -2.35. The SMILES string of the molecule is O=C(COc1ccc(F)cc1Cl)N1CCc2sccc2C1c1cccs1. The van der Waals surface area contributed by atoms with E-state index in [0.717, 1.165) is 11.3 Å². The molecule has 0 spiro atoms. The maximum absolute atomic E-state index is 13.1. The number of nitrogens with zero attached hydrogens (tertiary/aromatic N) is 1. The Hall–Kier alpha value is -1.89. The van der Waals surface area contributed by atoms with Gasteiger partial charge in [0.2, 0.25) is 0 Å². The topological polar surface area (TPSA) is 29.5 Å². The van der Waals surface area contributed by atoms with E-state index in [2.05, 4.69) is 17.5 Å². The lowest BCUT2D eigenvalue weighted by molar-refractivity contribution is -0.135. The van der Waals surface area contributed by atoms with Crippen LogP contribution in [0.2, 0.25) is 5.02 Å². The predicted molar refractivity (Wildman–Crippen MR) is 103 cm³/mol. The van der Waals surface area contributed by atoms with Gasteiger partial charge in [0.15, 0.2) is 6.61 Å². The van der Waals surface area contributed by atoms with Crippen LogP contribution in [0.4, 0.5) is 4.39 Å². The number of amides is 1. The Morgan fingerprint density at radius 2 is 2.15 bits per heavy atom. The molecule has 0 saturated carbocycles. The van der Waals surface area contributed by atoms with Crippen molar-refractivity contribution >= 4 is 40.2 Å². The summed E-state index contributed by atoms with van der Waals surface area (Å²) in [5.74, 6) is -0.240. The smallest absolute Gasteiger partial charge is 0.261 e. The highest BCUT2D eigenvalue weighted by Gasteiger charge is 2.33. The summed E-state index contributed by atoms with van der Waals surface area (Å²) in [5, 5.41) is 4.26. The maximum Gasteiger partial charge on any atom is 0.261 e. The summed E-state index contributed by atoms with van der Waals surface area (Å²) in [7, 11) is 0. The average molecular weight is 408 g/mol. The van der Waals surface area contributed by atoms with E-state index < -0.39 is 5.82 Å². The van der Waals surface area contributed by atoms with Gasteiger partial charge in [-0.1, -0.05) is 17.7 Å². The van der Waals surface area contributed by atoms with Gasteiger partial charge < -0.3 is 9.64 Å². The Morgan fingerprint density at radius 3 is 2.92 bits per heavy atom. The van der Waals surface area contributed by atoms with Gasteiger partial charge in [-0.05, 0) is 53.1 Å². The number of benzene rings is 1. The maximum atomic E-state index is 13.1. The largest absolute Gasteiger partial charge is 0.482 e. The van der Waals surface area contributed by atoms with Crippen LogP contribution in [-0.4, -0.2) is 24.0 Å². The summed E-state index contributed by atoms with van der Waals surface area (Å²) < 4.78 is 18.7. The molecular weight excluding hydrogens is 393 g/mol. The fourth-order valence-electron chi connectivity index (χ4n) is 3.15. The highest BCUT2D eigenvalue weighted by atomic mass is 35.5. The quantitative estimate of drug-likeness (QED) is 0.598. The Kier molecular flexibility index (Phi) is 4.98. The molecule has 0 bridgehead atoms. The number of carbonyl (C=O) groups is 1. The number of fused-ring (bicyclic) bond motifs is 1. The molecule has 26 heavy (non-hydrogen) atoms. The molecule has 0 fully saturated rings. The van der Waals surface area contributed by atoms with Crippen molar-refractivity contribution in [3.63, 3.8) is 0 Å². The first-order chi connectivity index (χ1) is 12.6. The lowest BCUT2D eigenvalue weighted by Crippen LogP contribution is -2.42. The average Bonchev–Trinajstić information content (AvgIpc) is 3.31. The second-order valence-electron chi connectivity index (χ2n) is 5.92. The van der Waals surface area contributed by atoms with Crippen LogP contribution in [0.1, 0.15) is 21.4 Å². The van der Waals surface area contributed by atoms with Crippen molar-refractivity contribution in [2.75, 3.05) is 13.2 Å². The highest BCUT2D eigenvalue weighted by Crippen LogP contribution is 2.39. The van der Waals surface area contributed by atoms with E-state index in [0.29, 0.717) is 12.3 Å². The molecule has 4 rings (SSSR count). The molecule has 134 valence electrons. The van der Waals surface area contributed by atoms with Gasteiger partial charge in [-0.2, -0.15) is 0 Å². The summed E-state index contributed by atoms with van der Waals surface area (Å²) >= 11 is 9.35. The van der Waals surface area contributed by atoms with Crippen molar-refractivity contribution in [2.24, 2.45) is 0 Å². The molecule has 2 aromatic heterocycles. The minimum atomic E-state index is -0.438. The molecule has 7 heteroatoms. The third-order valence-corrected chi connectivity index (χ3v) is 6.56. The van der Waals surface area contributed by atoms with E-state index in [4.69, 9.17) is 16.3 Å². The normalized spacial score (nSPS) is 16.4. The van der Waals surface area contributed by atoms with Gasteiger partial charge in [-0.15, -0.1) is 22.7 Å². The zero-order valence-corrected chi connectivity index (χ0v) is 16.0. The van der Waals surface area contributed by atoms with Crippen LogP contribution in [0.15, 0.2) is 47.2 Å². The minimum Gasteiger partial charge on any atom is -0.482 e. The molecule has 1 amide bonds. The first-order valence-corrected chi connectivity index (χ1v) is 10.2. The lowest BCUT2D eigenvalue weighted by atomic mass is 9.98. The van der Waals surface area contributed by atoms with Crippen molar-refractivity contribution in [1.82, 2.24) is 4.90 Å². The molecule has 1 aromatic carbocycles. The van der Waals surface area contributed by atoms with Crippen LogP contribution in [0.3, 0.4) is 0 Å². The highest BCUT2D eigenvalue weighted by molar-refractivity contribution is 7.10. The fraction of sp³-hybridized carbons (Fsp3) is 0.211. The van der Waals surface area contributed by atoms with Gasteiger partial charge in [-0.3, -0.25) is 4.79 Å². The van der Waals surface area contributed by atoms with Gasteiger partial charge in [0.05, 0.1) is 11.1 Å². The van der Waals surface area contributed by atoms with Crippen molar-refractivity contribution in [3.8, 4) is 5.75 Å². The van der Waals surface area contributed by atoms with Crippen molar-refractivity contribution in [3.05, 3.63) is 73.3 Å². The molecule has 0 aliphatic carbocycles. The molecule has 0 saturated heterocycles. The number of hydrogen-bond acceptors (Lipinski definition) is 4. The second-order valence-corrected chi connectivity index (χ2v) is 8.30. The van der Waals surface area contributed by atoms with Gasteiger partial charge in [0, 0.05) is 16.3 Å². The number of hydrogen-bond donors (Lipinski definition) is 0. The second kappa shape index (κ2) is 7.39. The van der Waals surface area contributed by atoms with Gasteiger partial charge in [0.25, 0.3) is 5.91 Å². The predicted octanol–water partition coefficient (Wildman–Crippen LogP) is 5.16. The molecule has 3 heterocycles. The number of thiophene rings is 2. The molecule has 1 atom stereocenters. The molecule has 0 N–H and O–H groups in total.